The van der Waals surface area contributed by atoms with Gasteiger partial charge in [-0.3, -0.25) is 0 Å². The maximum atomic E-state index is 12.2. The van der Waals surface area contributed by atoms with E-state index in [0.29, 0.717) is 0 Å². The van der Waals surface area contributed by atoms with Crippen molar-refractivity contribution < 1.29 is 9.53 Å². The van der Waals surface area contributed by atoms with Gasteiger partial charge in [0.15, 0.2) is 5.65 Å². The number of nitrogens with zero attached hydrogens (tertiary/aromatic N) is 5. The van der Waals surface area contributed by atoms with E-state index in [0.717, 1.165) is 41.1 Å². The van der Waals surface area contributed by atoms with Crippen LogP contribution < -0.4 is 4.90 Å². The zero-order chi connectivity index (χ0) is 18.2. The highest BCUT2D eigenvalue weighted by Gasteiger charge is 2.29. The van der Waals surface area contributed by atoms with Gasteiger partial charge in [0.2, 0.25) is 0 Å². The topological polar surface area (TPSA) is 63.0 Å². The number of carbonyl (C=O) groups is 1. The smallest absolute Gasteiger partial charge is 0.410 e. The van der Waals surface area contributed by atoms with Gasteiger partial charge in [-0.05, 0) is 68.3 Å². The van der Waals surface area contributed by atoms with Crippen LogP contribution in [0.2, 0.25) is 0 Å². The molecular weight excluding hydrogens is 433 g/mol. The van der Waals surface area contributed by atoms with Crippen molar-refractivity contribution in [3.05, 3.63) is 22.0 Å². The molecule has 1 saturated heterocycles. The standard InChI is InChI=1S/C17H24IN5O2/c1-17(2,3)25-16(24)21(4)12-7-9-22(10-8-12)15-6-5-14-19-11-13(18)23(14)20-15/h5-6,11-12H,7-10H2,1-4H3. The molecule has 0 bridgehead atoms. The van der Waals surface area contributed by atoms with Gasteiger partial charge in [0.25, 0.3) is 0 Å². The average Bonchev–Trinajstić information content (AvgIpc) is 2.93. The summed E-state index contributed by atoms with van der Waals surface area (Å²) in [6.07, 6.45) is 3.36. The summed E-state index contributed by atoms with van der Waals surface area (Å²) in [4.78, 5) is 20.5. The summed E-state index contributed by atoms with van der Waals surface area (Å²) >= 11 is 2.23. The lowest BCUT2D eigenvalue weighted by Gasteiger charge is -2.37. The Bertz CT molecular complexity index is 762. The van der Waals surface area contributed by atoms with Crippen molar-refractivity contribution in [1.29, 1.82) is 0 Å². The summed E-state index contributed by atoms with van der Waals surface area (Å²) in [5, 5.41) is 4.68. The van der Waals surface area contributed by atoms with Crippen molar-refractivity contribution in [1.82, 2.24) is 19.5 Å². The highest BCUT2D eigenvalue weighted by molar-refractivity contribution is 14.1. The van der Waals surface area contributed by atoms with Crippen LogP contribution >= 0.6 is 22.6 Å². The third-order valence-electron chi connectivity index (χ3n) is 4.32. The van der Waals surface area contributed by atoms with Gasteiger partial charge in [0.1, 0.15) is 15.1 Å². The quantitative estimate of drug-likeness (QED) is 0.649. The normalized spacial score (nSPS) is 16.3. The number of fused-ring (bicyclic) bond motifs is 1. The van der Waals surface area contributed by atoms with Crippen LogP contribution in [0.5, 0.6) is 0 Å². The zero-order valence-corrected chi connectivity index (χ0v) is 17.2. The van der Waals surface area contributed by atoms with Gasteiger partial charge >= 0.3 is 6.09 Å². The van der Waals surface area contributed by atoms with E-state index in [1.807, 2.05) is 50.7 Å². The Kier molecular flexibility index (Phi) is 5.08. The summed E-state index contributed by atoms with van der Waals surface area (Å²) in [5.74, 6) is 0.946. The summed E-state index contributed by atoms with van der Waals surface area (Å²) in [6, 6.07) is 4.20. The molecule has 1 aliphatic heterocycles. The summed E-state index contributed by atoms with van der Waals surface area (Å²) in [6.45, 7) is 7.39. The van der Waals surface area contributed by atoms with Gasteiger partial charge in [0, 0.05) is 26.2 Å². The Labute approximate surface area is 161 Å². The number of carbonyl (C=O) groups excluding carboxylic acids is 1. The van der Waals surface area contributed by atoms with Gasteiger partial charge in [-0.25, -0.2) is 14.3 Å². The minimum absolute atomic E-state index is 0.197. The molecule has 0 spiro atoms. The fourth-order valence-electron chi connectivity index (χ4n) is 2.97. The highest BCUT2D eigenvalue weighted by Crippen LogP contribution is 2.22. The Morgan fingerprint density at radius 2 is 2.00 bits per heavy atom. The molecule has 1 fully saturated rings. The lowest BCUT2D eigenvalue weighted by atomic mass is 10.0. The predicted octanol–water partition coefficient (Wildman–Crippen LogP) is 3.17. The van der Waals surface area contributed by atoms with E-state index in [1.54, 1.807) is 4.90 Å². The van der Waals surface area contributed by atoms with Gasteiger partial charge in [-0.2, -0.15) is 0 Å². The molecule has 3 heterocycles. The minimum atomic E-state index is -0.465. The maximum Gasteiger partial charge on any atom is 0.410 e. The van der Waals surface area contributed by atoms with Crippen molar-refractivity contribution in [3.63, 3.8) is 0 Å². The van der Waals surface area contributed by atoms with Crippen LogP contribution in [0, 0.1) is 3.70 Å². The van der Waals surface area contributed by atoms with E-state index < -0.39 is 5.60 Å². The molecule has 8 heteroatoms. The Morgan fingerprint density at radius 1 is 1.32 bits per heavy atom. The average molecular weight is 457 g/mol. The van der Waals surface area contributed by atoms with Crippen LogP contribution in [-0.4, -0.2) is 57.4 Å². The molecule has 1 amide bonds. The number of imidazole rings is 1. The second kappa shape index (κ2) is 6.97. The number of halogens is 1. The van der Waals surface area contributed by atoms with E-state index >= 15 is 0 Å². The molecule has 0 unspecified atom stereocenters. The third-order valence-corrected chi connectivity index (χ3v) is 5.06. The van der Waals surface area contributed by atoms with Crippen LogP contribution in [-0.2, 0) is 4.74 Å². The van der Waals surface area contributed by atoms with Gasteiger partial charge < -0.3 is 14.5 Å². The maximum absolute atomic E-state index is 12.2. The lowest BCUT2D eigenvalue weighted by molar-refractivity contribution is 0.0201. The predicted molar refractivity (Wildman–Crippen MR) is 105 cm³/mol. The number of piperidine rings is 1. The first-order valence-electron chi connectivity index (χ1n) is 8.45. The van der Waals surface area contributed by atoms with Crippen LogP contribution in [0.1, 0.15) is 33.6 Å². The second-order valence-electron chi connectivity index (χ2n) is 7.35. The van der Waals surface area contributed by atoms with Crippen LogP contribution in [0.3, 0.4) is 0 Å². The second-order valence-corrected chi connectivity index (χ2v) is 8.46. The first-order valence-corrected chi connectivity index (χ1v) is 9.53. The Morgan fingerprint density at radius 3 is 2.64 bits per heavy atom. The molecule has 0 N–H and O–H groups in total. The highest BCUT2D eigenvalue weighted by atomic mass is 127. The van der Waals surface area contributed by atoms with Crippen molar-refractivity contribution >= 4 is 40.1 Å². The molecule has 136 valence electrons. The fourth-order valence-corrected chi connectivity index (χ4v) is 3.46. The van der Waals surface area contributed by atoms with Crippen molar-refractivity contribution in [2.24, 2.45) is 0 Å². The third kappa shape index (κ3) is 4.16. The number of ether oxygens (including phenoxy) is 1. The van der Waals surface area contributed by atoms with Crippen molar-refractivity contribution in [2.45, 2.75) is 45.3 Å². The summed E-state index contributed by atoms with van der Waals surface area (Å²) in [7, 11) is 1.83. The molecule has 0 atom stereocenters. The summed E-state index contributed by atoms with van der Waals surface area (Å²) in [5.41, 5.74) is 0.389. The number of anilines is 1. The largest absolute Gasteiger partial charge is 0.444 e. The van der Waals surface area contributed by atoms with E-state index in [-0.39, 0.29) is 12.1 Å². The van der Waals surface area contributed by atoms with E-state index in [9.17, 15) is 4.79 Å². The zero-order valence-electron chi connectivity index (χ0n) is 15.1. The molecule has 2 aromatic heterocycles. The van der Waals surface area contributed by atoms with Crippen molar-refractivity contribution in [2.75, 3.05) is 25.0 Å². The molecule has 25 heavy (non-hydrogen) atoms. The molecule has 0 radical (unpaired) electrons. The van der Waals surface area contributed by atoms with E-state index in [2.05, 4.69) is 37.6 Å². The van der Waals surface area contributed by atoms with Crippen LogP contribution in [0.4, 0.5) is 10.6 Å². The van der Waals surface area contributed by atoms with E-state index in [1.165, 1.54) is 0 Å². The summed E-state index contributed by atoms with van der Waals surface area (Å²) < 4.78 is 8.32. The first-order chi connectivity index (χ1) is 11.7. The minimum Gasteiger partial charge on any atom is -0.444 e. The fraction of sp³-hybridized carbons (Fsp3) is 0.588. The van der Waals surface area contributed by atoms with E-state index in [4.69, 9.17) is 4.74 Å². The first kappa shape index (κ1) is 18.2. The van der Waals surface area contributed by atoms with Crippen LogP contribution in [0.15, 0.2) is 18.3 Å². The number of aromatic nitrogens is 3. The molecule has 3 rings (SSSR count). The van der Waals surface area contributed by atoms with Crippen molar-refractivity contribution in [3.8, 4) is 0 Å². The number of hydrogen-bond donors (Lipinski definition) is 0. The number of hydrogen-bond acceptors (Lipinski definition) is 5. The monoisotopic (exact) mass is 457 g/mol. The Hall–Kier alpha value is -1.58. The van der Waals surface area contributed by atoms with Gasteiger partial charge in [0.05, 0.1) is 6.20 Å². The molecule has 7 nitrogen and oxygen atoms in total. The van der Waals surface area contributed by atoms with Gasteiger partial charge in [-0.15, -0.1) is 5.10 Å². The SMILES string of the molecule is CN(C(=O)OC(C)(C)C)C1CCN(c2ccc3ncc(I)n3n2)CC1. The molecule has 1 aliphatic rings. The molecule has 0 aromatic carbocycles. The van der Waals surface area contributed by atoms with Gasteiger partial charge in [-0.1, -0.05) is 0 Å². The Balaban J connectivity index is 1.62. The molecule has 0 saturated carbocycles. The molecule has 0 aliphatic carbocycles. The number of rotatable bonds is 2. The van der Waals surface area contributed by atoms with Crippen LogP contribution in [0.25, 0.3) is 5.65 Å². The number of amides is 1. The lowest BCUT2D eigenvalue weighted by Crippen LogP contribution is -2.47. The molecule has 2 aromatic rings. The molecular formula is C17H24IN5O2.